The van der Waals surface area contributed by atoms with E-state index >= 15 is 0 Å². The number of anilines is 1. The summed E-state index contributed by atoms with van der Waals surface area (Å²) in [5, 5.41) is 3.27. The van der Waals surface area contributed by atoms with Crippen molar-refractivity contribution < 1.29 is 18.0 Å². The standard InChI is InChI=1S/C12H13BrF3NO/c13-7-2-1-6-11(18)17-10-5-3-4-9(8-10)12(14,15)16/h3-5,8H,1-2,6-7H2,(H,17,18). The summed E-state index contributed by atoms with van der Waals surface area (Å²) in [5.41, 5.74) is -0.588. The molecule has 1 N–H and O–H groups in total. The van der Waals surface area contributed by atoms with Gasteiger partial charge in [0.2, 0.25) is 5.91 Å². The minimum atomic E-state index is -4.39. The first kappa shape index (κ1) is 15.0. The van der Waals surface area contributed by atoms with E-state index in [1.807, 2.05) is 0 Å². The van der Waals surface area contributed by atoms with E-state index in [1.54, 1.807) is 0 Å². The maximum atomic E-state index is 12.4. The molecule has 0 fully saturated rings. The molecule has 0 aliphatic rings. The molecule has 1 aromatic carbocycles. The van der Waals surface area contributed by atoms with Gasteiger partial charge in [0, 0.05) is 17.4 Å². The average Bonchev–Trinajstić information content (AvgIpc) is 2.28. The Bertz CT molecular complexity index is 407. The van der Waals surface area contributed by atoms with Crippen LogP contribution in [-0.2, 0) is 11.0 Å². The highest BCUT2D eigenvalue weighted by Gasteiger charge is 2.30. The molecule has 0 radical (unpaired) electrons. The summed E-state index contributed by atoms with van der Waals surface area (Å²) in [6.45, 7) is 0. The van der Waals surface area contributed by atoms with Gasteiger partial charge in [0.25, 0.3) is 0 Å². The fourth-order valence-electron chi connectivity index (χ4n) is 1.38. The Hall–Kier alpha value is -1.04. The fraction of sp³-hybridized carbons (Fsp3) is 0.417. The van der Waals surface area contributed by atoms with E-state index in [0.29, 0.717) is 12.8 Å². The van der Waals surface area contributed by atoms with Crippen molar-refractivity contribution in [3.8, 4) is 0 Å². The van der Waals surface area contributed by atoms with Gasteiger partial charge in [0.15, 0.2) is 0 Å². The van der Waals surface area contributed by atoms with Gasteiger partial charge in [0.05, 0.1) is 5.56 Å². The summed E-state index contributed by atoms with van der Waals surface area (Å²) in [6.07, 6.45) is -2.52. The zero-order chi connectivity index (χ0) is 13.6. The second-order valence-electron chi connectivity index (χ2n) is 3.77. The molecule has 6 heteroatoms. The zero-order valence-electron chi connectivity index (χ0n) is 9.56. The van der Waals surface area contributed by atoms with Crippen LogP contribution in [-0.4, -0.2) is 11.2 Å². The van der Waals surface area contributed by atoms with E-state index in [2.05, 4.69) is 21.2 Å². The van der Waals surface area contributed by atoms with Crippen molar-refractivity contribution in [1.29, 1.82) is 0 Å². The van der Waals surface area contributed by atoms with Gasteiger partial charge in [-0.05, 0) is 31.0 Å². The number of carbonyl (C=O) groups excluding carboxylic acids is 1. The lowest BCUT2D eigenvalue weighted by molar-refractivity contribution is -0.137. The maximum Gasteiger partial charge on any atom is 0.416 e. The van der Waals surface area contributed by atoms with Crippen LogP contribution in [0, 0.1) is 0 Å². The molecule has 0 spiro atoms. The Morgan fingerprint density at radius 3 is 2.61 bits per heavy atom. The Kier molecular flexibility index (Phi) is 5.65. The van der Waals surface area contributed by atoms with Crippen molar-refractivity contribution in [1.82, 2.24) is 0 Å². The first-order chi connectivity index (χ1) is 8.43. The monoisotopic (exact) mass is 323 g/mol. The van der Waals surface area contributed by atoms with Gasteiger partial charge in [-0.15, -0.1) is 0 Å². The maximum absolute atomic E-state index is 12.4. The average molecular weight is 324 g/mol. The van der Waals surface area contributed by atoms with Crippen molar-refractivity contribution in [3.05, 3.63) is 29.8 Å². The number of hydrogen-bond acceptors (Lipinski definition) is 1. The van der Waals surface area contributed by atoms with Crippen LogP contribution >= 0.6 is 15.9 Å². The molecule has 0 saturated heterocycles. The van der Waals surface area contributed by atoms with E-state index < -0.39 is 11.7 Å². The van der Waals surface area contributed by atoms with Gasteiger partial charge >= 0.3 is 6.18 Å². The van der Waals surface area contributed by atoms with Crippen LogP contribution < -0.4 is 5.32 Å². The number of carbonyl (C=O) groups is 1. The summed E-state index contributed by atoms with van der Waals surface area (Å²) < 4.78 is 37.3. The van der Waals surface area contributed by atoms with Crippen LogP contribution in [0.4, 0.5) is 18.9 Å². The number of rotatable bonds is 5. The van der Waals surface area contributed by atoms with Gasteiger partial charge < -0.3 is 5.32 Å². The molecule has 0 saturated carbocycles. The first-order valence-electron chi connectivity index (χ1n) is 5.46. The summed E-state index contributed by atoms with van der Waals surface area (Å²) in [6, 6.07) is 4.62. The van der Waals surface area contributed by atoms with Crippen LogP contribution in [0.5, 0.6) is 0 Å². The highest BCUT2D eigenvalue weighted by molar-refractivity contribution is 9.09. The number of benzene rings is 1. The van der Waals surface area contributed by atoms with Gasteiger partial charge in [-0.2, -0.15) is 13.2 Å². The second-order valence-corrected chi connectivity index (χ2v) is 4.57. The molecule has 100 valence electrons. The Balaban J connectivity index is 2.60. The summed E-state index contributed by atoms with van der Waals surface area (Å²) >= 11 is 3.24. The van der Waals surface area contributed by atoms with E-state index in [1.165, 1.54) is 12.1 Å². The van der Waals surface area contributed by atoms with Gasteiger partial charge in [0.1, 0.15) is 0 Å². The minimum absolute atomic E-state index is 0.175. The molecule has 1 rings (SSSR count). The van der Waals surface area contributed by atoms with Crippen molar-refractivity contribution in [3.63, 3.8) is 0 Å². The molecule has 0 aliphatic carbocycles. The van der Waals surface area contributed by atoms with Crippen LogP contribution in [0.3, 0.4) is 0 Å². The smallest absolute Gasteiger partial charge is 0.326 e. The summed E-state index contributed by atoms with van der Waals surface area (Å²) in [5.74, 6) is -0.268. The van der Waals surface area contributed by atoms with Crippen molar-refractivity contribution in [2.75, 3.05) is 10.6 Å². The quantitative estimate of drug-likeness (QED) is 0.638. The third-order valence-electron chi connectivity index (χ3n) is 2.26. The molecule has 0 aromatic heterocycles. The highest BCUT2D eigenvalue weighted by Crippen LogP contribution is 2.30. The van der Waals surface area contributed by atoms with Crippen molar-refractivity contribution in [2.24, 2.45) is 0 Å². The molecule has 0 bridgehead atoms. The number of halogens is 4. The van der Waals surface area contributed by atoms with Gasteiger partial charge in [-0.1, -0.05) is 22.0 Å². The lowest BCUT2D eigenvalue weighted by Gasteiger charge is -2.09. The number of hydrogen-bond donors (Lipinski definition) is 1. The molecule has 0 aliphatic heterocycles. The van der Waals surface area contributed by atoms with Crippen molar-refractivity contribution in [2.45, 2.75) is 25.4 Å². The first-order valence-corrected chi connectivity index (χ1v) is 6.58. The van der Waals surface area contributed by atoms with Crippen LogP contribution in [0.2, 0.25) is 0 Å². The number of amides is 1. The molecular formula is C12H13BrF3NO. The van der Waals surface area contributed by atoms with Crippen LogP contribution in [0.1, 0.15) is 24.8 Å². The van der Waals surface area contributed by atoms with Crippen LogP contribution in [0.15, 0.2) is 24.3 Å². The Labute approximate surface area is 112 Å². The van der Waals surface area contributed by atoms with Crippen molar-refractivity contribution >= 4 is 27.5 Å². The third kappa shape index (κ3) is 5.08. The highest BCUT2D eigenvalue weighted by atomic mass is 79.9. The van der Waals surface area contributed by atoms with E-state index in [9.17, 15) is 18.0 Å². The summed E-state index contributed by atoms with van der Waals surface area (Å²) in [7, 11) is 0. The largest absolute Gasteiger partial charge is 0.416 e. The molecule has 0 unspecified atom stereocenters. The molecular weight excluding hydrogens is 311 g/mol. The molecule has 0 heterocycles. The predicted octanol–water partition coefficient (Wildman–Crippen LogP) is 4.21. The number of alkyl halides is 4. The van der Waals surface area contributed by atoms with E-state index in [0.717, 1.165) is 23.9 Å². The predicted molar refractivity (Wildman–Crippen MR) is 67.7 cm³/mol. The number of nitrogens with one attached hydrogen (secondary N) is 1. The van der Waals surface area contributed by atoms with E-state index in [-0.39, 0.29) is 11.6 Å². The topological polar surface area (TPSA) is 29.1 Å². The fourth-order valence-corrected chi connectivity index (χ4v) is 1.77. The molecule has 2 nitrogen and oxygen atoms in total. The third-order valence-corrected chi connectivity index (χ3v) is 2.82. The van der Waals surface area contributed by atoms with Crippen LogP contribution in [0.25, 0.3) is 0 Å². The van der Waals surface area contributed by atoms with Gasteiger partial charge in [-0.3, -0.25) is 4.79 Å². The van der Waals surface area contributed by atoms with Gasteiger partial charge in [-0.25, -0.2) is 0 Å². The molecule has 1 aromatic rings. The lowest BCUT2D eigenvalue weighted by atomic mass is 10.2. The minimum Gasteiger partial charge on any atom is -0.326 e. The Morgan fingerprint density at radius 2 is 2.00 bits per heavy atom. The molecule has 18 heavy (non-hydrogen) atoms. The normalized spacial score (nSPS) is 11.3. The number of unbranched alkanes of at least 4 members (excludes halogenated alkanes) is 1. The molecule has 0 atom stereocenters. The lowest BCUT2D eigenvalue weighted by Crippen LogP contribution is -2.12. The zero-order valence-corrected chi connectivity index (χ0v) is 11.1. The Morgan fingerprint density at radius 1 is 1.28 bits per heavy atom. The van der Waals surface area contributed by atoms with E-state index in [4.69, 9.17) is 0 Å². The summed E-state index contributed by atoms with van der Waals surface area (Å²) in [4.78, 5) is 11.4. The SMILES string of the molecule is O=C(CCCCBr)Nc1cccc(C(F)(F)F)c1. The molecule has 1 amide bonds. The second kappa shape index (κ2) is 6.78.